The van der Waals surface area contributed by atoms with Crippen molar-refractivity contribution in [3.8, 4) is 0 Å². The number of carbonyl (C=O) groups is 1. The number of benzene rings is 2. The van der Waals surface area contributed by atoms with Crippen LogP contribution in [0.1, 0.15) is 21.5 Å². The molecule has 2 rings (SSSR count). The quantitative estimate of drug-likeness (QED) is 0.845. The van der Waals surface area contributed by atoms with Crippen molar-refractivity contribution in [1.82, 2.24) is 0 Å². The standard InChI is InChI=1S/C16H16FNO/c1-11-3-8-15(9-12(11)2)18-10-16(19)13-4-6-14(17)7-5-13/h3-9,18H,10H2,1-2H3. The van der Waals surface area contributed by atoms with E-state index in [-0.39, 0.29) is 18.1 Å². The molecule has 0 radical (unpaired) electrons. The average molecular weight is 257 g/mol. The summed E-state index contributed by atoms with van der Waals surface area (Å²) in [5.74, 6) is -0.392. The first-order valence-electron chi connectivity index (χ1n) is 6.16. The Balaban J connectivity index is 2.00. The van der Waals surface area contributed by atoms with Crippen molar-refractivity contribution >= 4 is 11.5 Å². The average Bonchev–Trinajstić information content (AvgIpc) is 2.40. The molecule has 0 saturated carbocycles. The molecule has 0 saturated heterocycles. The van der Waals surface area contributed by atoms with Crippen LogP contribution >= 0.6 is 0 Å². The summed E-state index contributed by atoms with van der Waals surface area (Å²) in [6.45, 7) is 4.28. The van der Waals surface area contributed by atoms with Gasteiger partial charge >= 0.3 is 0 Å². The Hall–Kier alpha value is -2.16. The lowest BCUT2D eigenvalue weighted by molar-refractivity contribution is 0.101. The first-order valence-corrected chi connectivity index (χ1v) is 6.16. The molecular weight excluding hydrogens is 241 g/mol. The summed E-state index contributed by atoms with van der Waals surface area (Å²) in [7, 11) is 0. The molecule has 0 fully saturated rings. The smallest absolute Gasteiger partial charge is 0.181 e. The molecule has 0 bridgehead atoms. The van der Waals surface area contributed by atoms with Crippen LogP contribution < -0.4 is 5.32 Å². The number of Topliss-reactive ketones (excluding diaryl/α,β-unsaturated/α-hetero) is 1. The van der Waals surface area contributed by atoms with Gasteiger partial charge in [-0.1, -0.05) is 6.07 Å². The van der Waals surface area contributed by atoms with Gasteiger partial charge in [0.25, 0.3) is 0 Å². The fraction of sp³-hybridized carbons (Fsp3) is 0.188. The number of ketones is 1. The van der Waals surface area contributed by atoms with Gasteiger partial charge < -0.3 is 5.32 Å². The molecule has 0 aliphatic carbocycles. The molecular formula is C16H16FNO. The summed E-state index contributed by atoms with van der Waals surface area (Å²) in [5.41, 5.74) is 3.82. The van der Waals surface area contributed by atoms with Gasteiger partial charge in [-0.3, -0.25) is 4.79 Å². The second-order valence-corrected chi connectivity index (χ2v) is 4.58. The maximum atomic E-state index is 12.8. The van der Waals surface area contributed by atoms with Crippen molar-refractivity contribution in [2.45, 2.75) is 13.8 Å². The molecule has 0 aliphatic heterocycles. The number of halogens is 1. The second-order valence-electron chi connectivity index (χ2n) is 4.58. The zero-order chi connectivity index (χ0) is 13.8. The van der Waals surface area contributed by atoms with Gasteiger partial charge in [-0.25, -0.2) is 4.39 Å². The minimum atomic E-state index is -0.335. The molecule has 1 N–H and O–H groups in total. The van der Waals surface area contributed by atoms with Crippen molar-refractivity contribution in [3.63, 3.8) is 0 Å². The van der Waals surface area contributed by atoms with Crippen LogP contribution in [0.25, 0.3) is 0 Å². The van der Waals surface area contributed by atoms with E-state index in [1.807, 2.05) is 32.0 Å². The van der Waals surface area contributed by atoms with Crippen LogP contribution in [0, 0.1) is 19.7 Å². The summed E-state index contributed by atoms with van der Waals surface area (Å²) >= 11 is 0. The van der Waals surface area contributed by atoms with Crippen LogP contribution in [0.15, 0.2) is 42.5 Å². The third-order valence-electron chi connectivity index (χ3n) is 3.13. The van der Waals surface area contributed by atoms with E-state index in [0.29, 0.717) is 5.56 Å². The van der Waals surface area contributed by atoms with Gasteiger partial charge in [0.05, 0.1) is 6.54 Å². The SMILES string of the molecule is Cc1ccc(NCC(=O)c2ccc(F)cc2)cc1C. The highest BCUT2D eigenvalue weighted by molar-refractivity contribution is 5.98. The predicted octanol–water partition coefficient (Wildman–Crippen LogP) is 3.74. The summed E-state index contributed by atoms with van der Waals surface area (Å²) in [5, 5.41) is 3.08. The minimum absolute atomic E-state index is 0.0572. The molecule has 0 heterocycles. The lowest BCUT2D eigenvalue weighted by Gasteiger charge is -2.08. The number of nitrogens with one attached hydrogen (secondary N) is 1. The van der Waals surface area contributed by atoms with Crippen LogP contribution in [-0.2, 0) is 0 Å². The van der Waals surface area contributed by atoms with Crippen molar-refractivity contribution in [2.24, 2.45) is 0 Å². The van der Waals surface area contributed by atoms with Crippen LogP contribution in [0.2, 0.25) is 0 Å². The van der Waals surface area contributed by atoms with Gasteiger partial charge in [-0.05, 0) is 61.4 Å². The van der Waals surface area contributed by atoms with E-state index in [9.17, 15) is 9.18 Å². The third-order valence-corrected chi connectivity index (χ3v) is 3.13. The van der Waals surface area contributed by atoms with E-state index in [2.05, 4.69) is 5.32 Å². The topological polar surface area (TPSA) is 29.1 Å². The molecule has 19 heavy (non-hydrogen) atoms. The Labute approximate surface area is 112 Å². The second kappa shape index (κ2) is 5.65. The third kappa shape index (κ3) is 3.41. The maximum absolute atomic E-state index is 12.8. The van der Waals surface area contributed by atoms with Gasteiger partial charge in [0.1, 0.15) is 5.82 Å². The van der Waals surface area contributed by atoms with Crippen LogP contribution in [0.5, 0.6) is 0 Å². The van der Waals surface area contributed by atoms with Crippen molar-refractivity contribution < 1.29 is 9.18 Å². The van der Waals surface area contributed by atoms with Crippen molar-refractivity contribution in [3.05, 3.63) is 65.0 Å². The number of carbonyl (C=O) groups excluding carboxylic acids is 1. The normalized spacial score (nSPS) is 10.3. The molecule has 98 valence electrons. The molecule has 2 nitrogen and oxygen atoms in total. The van der Waals surface area contributed by atoms with E-state index in [0.717, 1.165) is 5.69 Å². The number of anilines is 1. The Morgan fingerprint density at radius 1 is 1.05 bits per heavy atom. The highest BCUT2D eigenvalue weighted by Gasteiger charge is 2.05. The van der Waals surface area contributed by atoms with E-state index in [1.54, 1.807) is 0 Å². The molecule has 0 aromatic heterocycles. The lowest BCUT2D eigenvalue weighted by atomic mass is 10.1. The fourth-order valence-electron chi connectivity index (χ4n) is 1.77. The van der Waals surface area contributed by atoms with E-state index in [4.69, 9.17) is 0 Å². The molecule has 0 aliphatic rings. The largest absolute Gasteiger partial charge is 0.378 e. The van der Waals surface area contributed by atoms with Crippen LogP contribution in [-0.4, -0.2) is 12.3 Å². The Bertz CT molecular complexity index is 590. The molecule has 0 spiro atoms. The molecule has 2 aromatic rings. The van der Waals surface area contributed by atoms with Crippen molar-refractivity contribution in [1.29, 1.82) is 0 Å². The zero-order valence-electron chi connectivity index (χ0n) is 11.0. The number of hydrogen-bond donors (Lipinski definition) is 1. The highest BCUT2D eigenvalue weighted by Crippen LogP contribution is 2.14. The van der Waals surface area contributed by atoms with Crippen molar-refractivity contribution in [2.75, 3.05) is 11.9 Å². The summed E-state index contributed by atoms with van der Waals surface area (Å²) in [6, 6.07) is 11.6. The molecule has 0 unspecified atom stereocenters. The summed E-state index contributed by atoms with van der Waals surface area (Å²) < 4.78 is 12.8. The van der Waals surface area contributed by atoms with Gasteiger partial charge in [-0.15, -0.1) is 0 Å². The zero-order valence-corrected chi connectivity index (χ0v) is 11.0. The van der Waals surface area contributed by atoms with Gasteiger partial charge in [0.15, 0.2) is 5.78 Å². The van der Waals surface area contributed by atoms with E-state index < -0.39 is 0 Å². The molecule has 2 aromatic carbocycles. The Morgan fingerprint density at radius 3 is 2.37 bits per heavy atom. The number of aryl methyl sites for hydroxylation is 2. The Morgan fingerprint density at radius 2 is 1.74 bits per heavy atom. The molecule has 3 heteroatoms. The summed E-state index contributed by atoms with van der Waals surface area (Å²) in [4.78, 5) is 11.9. The first-order chi connectivity index (χ1) is 9.06. The number of hydrogen-bond acceptors (Lipinski definition) is 2. The van der Waals surface area contributed by atoms with Crippen LogP contribution in [0.3, 0.4) is 0 Å². The first kappa shape index (κ1) is 13.3. The van der Waals surface area contributed by atoms with Gasteiger partial charge in [-0.2, -0.15) is 0 Å². The maximum Gasteiger partial charge on any atom is 0.181 e. The fourth-order valence-corrected chi connectivity index (χ4v) is 1.77. The minimum Gasteiger partial charge on any atom is -0.378 e. The van der Waals surface area contributed by atoms with Gasteiger partial charge in [0, 0.05) is 11.3 Å². The number of rotatable bonds is 4. The highest BCUT2D eigenvalue weighted by atomic mass is 19.1. The van der Waals surface area contributed by atoms with Crippen LogP contribution in [0.4, 0.5) is 10.1 Å². The monoisotopic (exact) mass is 257 g/mol. The molecule has 0 atom stereocenters. The molecule has 0 amide bonds. The predicted molar refractivity (Wildman–Crippen MR) is 75.1 cm³/mol. The van der Waals surface area contributed by atoms with Gasteiger partial charge in [0.2, 0.25) is 0 Å². The Kier molecular flexibility index (Phi) is 3.95. The van der Waals surface area contributed by atoms with E-state index in [1.165, 1.54) is 35.4 Å². The lowest BCUT2D eigenvalue weighted by Crippen LogP contribution is -2.14. The van der Waals surface area contributed by atoms with E-state index >= 15 is 0 Å². The summed E-state index contributed by atoms with van der Waals surface area (Å²) in [6.07, 6.45) is 0.